The molecule has 0 aliphatic heterocycles. The Balaban J connectivity index is 1.29. The third-order valence-electron chi connectivity index (χ3n) is 4.77. The topological polar surface area (TPSA) is 50.2 Å². The number of halogens is 1. The van der Waals surface area contributed by atoms with Crippen molar-refractivity contribution < 1.29 is 9.18 Å². The van der Waals surface area contributed by atoms with Gasteiger partial charge in [-0.25, -0.2) is 13.9 Å². The molecule has 25 heavy (non-hydrogen) atoms. The molecule has 5 nitrogen and oxygen atoms in total. The largest absolute Gasteiger partial charge is 0.338 e. The molecule has 0 radical (unpaired) electrons. The van der Waals surface area contributed by atoms with Crippen molar-refractivity contribution in [2.24, 2.45) is 5.92 Å². The van der Waals surface area contributed by atoms with E-state index in [1.165, 1.54) is 25.0 Å². The molecule has 1 N–H and O–H groups in total. The number of nitrogens with one attached hydrogen (secondary N) is 1. The van der Waals surface area contributed by atoms with Gasteiger partial charge in [-0.05, 0) is 55.9 Å². The highest BCUT2D eigenvalue weighted by molar-refractivity contribution is 5.75. The normalized spacial score (nSPS) is 16.7. The van der Waals surface area contributed by atoms with Crippen LogP contribution in [0.5, 0.6) is 0 Å². The lowest BCUT2D eigenvalue weighted by molar-refractivity contribution is 0.192. The highest BCUT2D eigenvalue weighted by Crippen LogP contribution is 2.34. The second kappa shape index (κ2) is 6.86. The van der Waals surface area contributed by atoms with Gasteiger partial charge in [-0.3, -0.25) is 0 Å². The van der Waals surface area contributed by atoms with Gasteiger partial charge in [0, 0.05) is 31.7 Å². The minimum Gasteiger partial charge on any atom is -0.338 e. The summed E-state index contributed by atoms with van der Waals surface area (Å²) in [5.74, 6) is 0.436. The van der Waals surface area contributed by atoms with E-state index in [2.05, 4.69) is 10.4 Å². The van der Waals surface area contributed by atoms with Crippen molar-refractivity contribution in [3.63, 3.8) is 0 Å². The van der Waals surface area contributed by atoms with Crippen molar-refractivity contribution in [2.75, 3.05) is 13.1 Å². The number of rotatable bonds is 7. The van der Waals surface area contributed by atoms with Gasteiger partial charge in [0.25, 0.3) is 0 Å². The molecule has 0 bridgehead atoms. The third kappa shape index (κ3) is 4.18. The molecule has 1 aromatic carbocycles. The summed E-state index contributed by atoms with van der Waals surface area (Å²) < 4.78 is 15.0. The zero-order valence-electron chi connectivity index (χ0n) is 14.2. The van der Waals surface area contributed by atoms with Crippen molar-refractivity contribution in [2.45, 2.75) is 38.1 Å². The summed E-state index contributed by atoms with van der Waals surface area (Å²) >= 11 is 0. The average Bonchev–Trinajstić information content (AvgIpc) is 3.52. The Bertz CT molecular complexity index is 751. The second-order valence-electron chi connectivity index (χ2n) is 7.04. The average molecular weight is 342 g/mol. The lowest BCUT2D eigenvalue weighted by atomic mass is 10.3. The van der Waals surface area contributed by atoms with Crippen LogP contribution in [-0.2, 0) is 6.42 Å². The summed E-state index contributed by atoms with van der Waals surface area (Å²) in [4.78, 5) is 14.4. The Hall–Kier alpha value is -2.37. The Morgan fingerprint density at radius 2 is 2.12 bits per heavy atom. The number of urea groups is 1. The number of benzene rings is 1. The van der Waals surface area contributed by atoms with Crippen molar-refractivity contribution in [3.05, 3.63) is 48.0 Å². The maximum Gasteiger partial charge on any atom is 0.317 e. The van der Waals surface area contributed by atoms with E-state index in [4.69, 9.17) is 0 Å². The zero-order valence-corrected chi connectivity index (χ0v) is 14.2. The second-order valence-corrected chi connectivity index (χ2v) is 7.04. The van der Waals surface area contributed by atoms with Crippen LogP contribution in [0.3, 0.4) is 0 Å². The van der Waals surface area contributed by atoms with Gasteiger partial charge in [0.05, 0.1) is 11.4 Å². The highest BCUT2D eigenvalue weighted by Gasteiger charge is 2.36. The van der Waals surface area contributed by atoms with Crippen LogP contribution in [0, 0.1) is 11.7 Å². The molecule has 0 saturated heterocycles. The molecular formula is C19H23FN4O. The highest BCUT2D eigenvalue weighted by atomic mass is 19.1. The van der Waals surface area contributed by atoms with E-state index in [1.54, 1.807) is 10.7 Å². The van der Waals surface area contributed by atoms with Crippen LogP contribution in [0.2, 0.25) is 0 Å². The predicted molar refractivity (Wildman–Crippen MR) is 93.1 cm³/mol. The summed E-state index contributed by atoms with van der Waals surface area (Å²) in [6, 6.07) is 8.75. The molecule has 2 aliphatic rings. The van der Waals surface area contributed by atoms with E-state index in [1.807, 2.05) is 23.2 Å². The molecule has 0 atom stereocenters. The van der Waals surface area contributed by atoms with Gasteiger partial charge in [-0.1, -0.05) is 6.07 Å². The number of amides is 2. The van der Waals surface area contributed by atoms with Crippen molar-refractivity contribution >= 4 is 6.03 Å². The lowest BCUT2D eigenvalue weighted by Gasteiger charge is -2.22. The van der Waals surface area contributed by atoms with Crippen LogP contribution in [0.4, 0.5) is 9.18 Å². The molecule has 0 spiro atoms. The number of hydrogen-bond acceptors (Lipinski definition) is 2. The standard InChI is InChI=1S/C19H23FN4O/c20-15-2-1-3-18(12-15)24-11-9-16(22-24)8-10-21-19(25)23(17-6-7-17)13-14-4-5-14/h1-3,9,11-12,14,17H,4-8,10,13H2,(H,21,25). The maximum absolute atomic E-state index is 13.3. The molecule has 2 amide bonds. The molecule has 4 rings (SSSR count). The van der Waals surface area contributed by atoms with E-state index < -0.39 is 0 Å². The third-order valence-corrected chi connectivity index (χ3v) is 4.77. The molecule has 1 aromatic heterocycles. The molecule has 2 aliphatic carbocycles. The summed E-state index contributed by atoms with van der Waals surface area (Å²) in [5.41, 5.74) is 1.57. The van der Waals surface area contributed by atoms with Crippen LogP contribution < -0.4 is 5.32 Å². The summed E-state index contributed by atoms with van der Waals surface area (Å²) in [6.07, 6.45) is 7.27. The first-order valence-electron chi connectivity index (χ1n) is 9.04. The number of carbonyl (C=O) groups is 1. The zero-order chi connectivity index (χ0) is 17.2. The Morgan fingerprint density at radius 3 is 2.84 bits per heavy atom. The maximum atomic E-state index is 13.3. The molecule has 1 heterocycles. The fourth-order valence-corrected chi connectivity index (χ4v) is 3.02. The van der Waals surface area contributed by atoms with Crippen LogP contribution in [0.25, 0.3) is 5.69 Å². The number of hydrogen-bond donors (Lipinski definition) is 1. The van der Waals surface area contributed by atoms with E-state index >= 15 is 0 Å². The minimum absolute atomic E-state index is 0.0546. The molecule has 6 heteroatoms. The van der Waals surface area contributed by atoms with Crippen LogP contribution in [0.1, 0.15) is 31.4 Å². The number of carbonyl (C=O) groups excluding carboxylic acids is 1. The van der Waals surface area contributed by atoms with E-state index in [9.17, 15) is 9.18 Å². The lowest BCUT2D eigenvalue weighted by Crippen LogP contribution is -2.43. The smallest absolute Gasteiger partial charge is 0.317 e. The van der Waals surface area contributed by atoms with E-state index in [0.717, 1.165) is 25.1 Å². The van der Waals surface area contributed by atoms with Gasteiger partial charge < -0.3 is 10.2 Å². The first-order valence-corrected chi connectivity index (χ1v) is 9.04. The Morgan fingerprint density at radius 1 is 1.28 bits per heavy atom. The molecule has 2 fully saturated rings. The van der Waals surface area contributed by atoms with Crippen LogP contribution in [-0.4, -0.2) is 39.8 Å². The first kappa shape index (κ1) is 16.1. The quantitative estimate of drug-likeness (QED) is 0.840. The molecule has 132 valence electrons. The van der Waals surface area contributed by atoms with Crippen molar-refractivity contribution in [3.8, 4) is 5.69 Å². The number of nitrogens with zero attached hydrogens (tertiary/aromatic N) is 3. The summed E-state index contributed by atoms with van der Waals surface area (Å²) in [7, 11) is 0. The molecule has 2 aromatic rings. The van der Waals surface area contributed by atoms with Crippen LogP contribution >= 0.6 is 0 Å². The Labute approximate surface area is 146 Å². The van der Waals surface area contributed by atoms with Gasteiger partial charge in [0.2, 0.25) is 0 Å². The van der Waals surface area contributed by atoms with Gasteiger partial charge in [0.1, 0.15) is 5.82 Å². The molecular weight excluding hydrogens is 319 g/mol. The van der Waals surface area contributed by atoms with Gasteiger partial charge in [0.15, 0.2) is 0 Å². The molecule has 2 saturated carbocycles. The van der Waals surface area contributed by atoms with Gasteiger partial charge in [-0.2, -0.15) is 5.10 Å². The fourth-order valence-electron chi connectivity index (χ4n) is 3.02. The van der Waals surface area contributed by atoms with Crippen molar-refractivity contribution in [1.29, 1.82) is 0 Å². The van der Waals surface area contributed by atoms with Gasteiger partial charge in [-0.15, -0.1) is 0 Å². The summed E-state index contributed by atoms with van der Waals surface area (Å²) in [6.45, 7) is 1.47. The van der Waals surface area contributed by atoms with E-state index in [-0.39, 0.29) is 11.8 Å². The fraction of sp³-hybridized carbons (Fsp3) is 0.474. The Kier molecular flexibility index (Phi) is 4.42. The van der Waals surface area contributed by atoms with Crippen LogP contribution in [0.15, 0.2) is 36.5 Å². The first-order chi connectivity index (χ1) is 12.2. The van der Waals surface area contributed by atoms with Gasteiger partial charge >= 0.3 is 6.03 Å². The number of aromatic nitrogens is 2. The monoisotopic (exact) mass is 342 g/mol. The summed E-state index contributed by atoms with van der Waals surface area (Å²) in [5, 5.41) is 7.48. The minimum atomic E-state index is -0.280. The van der Waals surface area contributed by atoms with E-state index in [0.29, 0.717) is 30.6 Å². The SMILES string of the molecule is O=C(NCCc1ccn(-c2cccc(F)c2)n1)N(CC1CC1)C1CC1. The molecule has 0 unspecified atom stereocenters. The predicted octanol–water partition coefficient (Wildman–Crippen LogP) is 3.14. The van der Waals surface area contributed by atoms with Crippen molar-refractivity contribution in [1.82, 2.24) is 20.0 Å².